The molecular weight excluding hydrogens is 192 g/mol. The van der Waals surface area contributed by atoms with E-state index in [1.807, 2.05) is 6.92 Å². The zero-order chi connectivity index (χ0) is 10.9. The number of carbonyl (C=O) groups is 1. The number of carbonyl (C=O) groups excluding carboxylic acids is 1. The van der Waals surface area contributed by atoms with Gasteiger partial charge in [-0.15, -0.1) is 0 Å². The van der Waals surface area contributed by atoms with Gasteiger partial charge in [-0.3, -0.25) is 0 Å². The van der Waals surface area contributed by atoms with E-state index < -0.39 is 6.16 Å². The Kier molecular flexibility index (Phi) is 6.21. The largest absolute Gasteiger partial charge is 0.508 e. The molecule has 1 saturated carbocycles. The number of hydrogen-bond donors (Lipinski definition) is 0. The number of hydrogen-bond acceptors (Lipinski definition) is 3. The van der Waals surface area contributed by atoms with Crippen LogP contribution in [0.3, 0.4) is 0 Å². The quantitative estimate of drug-likeness (QED) is 0.404. The standard InChI is InChI=1S/C12H21O3/c1-2-3-10-14-12(13)15-11-8-6-4-5-7-9-11/h10-11H,2-9H2,1H3. The minimum atomic E-state index is -0.532. The van der Waals surface area contributed by atoms with Crippen LogP contribution in [0.1, 0.15) is 58.3 Å². The fraction of sp³-hybridized carbons (Fsp3) is 0.833. The topological polar surface area (TPSA) is 35.5 Å². The maximum absolute atomic E-state index is 11.2. The summed E-state index contributed by atoms with van der Waals surface area (Å²) in [6.45, 7) is 3.57. The summed E-state index contributed by atoms with van der Waals surface area (Å²) in [5.41, 5.74) is 0. The Hall–Kier alpha value is -0.730. The summed E-state index contributed by atoms with van der Waals surface area (Å²) in [7, 11) is 0. The molecule has 0 aromatic rings. The maximum atomic E-state index is 11.2. The molecule has 0 atom stereocenters. The third-order valence-electron chi connectivity index (χ3n) is 2.65. The molecule has 0 amide bonds. The van der Waals surface area contributed by atoms with E-state index in [-0.39, 0.29) is 6.10 Å². The molecule has 15 heavy (non-hydrogen) atoms. The van der Waals surface area contributed by atoms with Gasteiger partial charge in [0.05, 0.1) is 0 Å². The first-order valence-electron chi connectivity index (χ1n) is 6.02. The second-order valence-corrected chi connectivity index (χ2v) is 4.05. The monoisotopic (exact) mass is 213 g/mol. The predicted octanol–water partition coefficient (Wildman–Crippen LogP) is 3.82. The van der Waals surface area contributed by atoms with E-state index in [1.54, 1.807) is 0 Å². The molecule has 1 radical (unpaired) electrons. The highest BCUT2D eigenvalue weighted by molar-refractivity contribution is 5.60. The van der Waals surface area contributed by atoms with Crippen molar-refractivity contribution in [1.29, 1.82) is 0 Å². The van der Waals surface area contributed by atoms with Crippen molar-refractivity contribution in [3.05, 3.63) is 6.61 Å². The zero-order valence-corrected chi connectivity index (χ0v) is 9.54. The molecule has 0 aromatic carbocycles. The van der Waals surface area contributed by atoms with E-state index >= 15 is 0 Å². The van der Waals surface area contributed by atoms with Crippen molar-refractivity contribution in [2.75, 3.05) is 0 Å². The van der Waals surface area contributed by atoms with E-state index in [2.05, 4.69) is 0 Å². The molecule has 0 saturated heterocycles. The molecule has 0 aliphatic heterocycles. The maximum Gasteiger partial charge on any atom is 0.508 e. The first-order chi connectivity index (χ1) is 7.33. The predicted molar refractivity (Wildman–Crippen MR) is 58.3 cm³/mol. The number of unbranched alkanes of at least 4 members (excludes halogenated alkanes) is 1. The summed E-state index contributed by atoms with van der Waals surface area (Å²) < 4.78 is 10.1. The van der Waals surface area contributed by atoms with Gasteiger partial charge in [0.2, 0.25) is 0 Å². The van der Waals surface area contributed by atoms with Gasteiger partial charge in [0.25, 0.3) is 0 Å². The van der Waals surface area contributed by atoms with Crippen molar-refractivity contribution in [1.82, 2.24) is 0 Å². The minimum Gasteiger partial charge on any atom is -0.431 e. The van der Waals surface area contributed by atoms with E-state index in [1.165, 1.54) is 19.4 Å². The molecule has 3 heteroatoms. The number of rotatable bonds is 4. The summed E-state index contributed by atoms with van der Waals surface area (Å²) in [5, 5.41) is 0. The van der Waals surface area contributed by atoms with Gasteiger partial charge in [-0.05, 0) is 32.1 Å². The van der Waals surface area contributed by atoms with Crippen LogP contribution in [0, 0.1) is 6.61 Å². The Morgan fingerprint density at radius 1 is 1.27 bits per heavy atom. The smallest absolute Gasteiger partial charge is 0.431 e. The number of ether oxygens (including phenoxy) is 2. The van der Waals surface area contributed by atoms with Crippen LogP contribution < -0.4 is 0 Å². The molecule has 1 aliphatic rings. The third kappa shape index (κ3) is 5.65. The lowest BCUT2D eigenvalue weighted by Crippen LogP contribution is -2.17. The van der Waals surface area contributed by atoms with Gasteiger partial charge >= 0.3 is 6.16 Å². The molecule has 0 bridgehead atoms. The van der Waals surface area contributed by atoms with Crippen molar-refractivity contribution < 1.29 is 14.3 Å². The second kappa shape index (κ2) is 7.55. The molecule has 1 aliphatic carbocycles. The van der Waals surface area contributed by atoms with E-state index in [9.17, 15) is 4.79 Å². The molecule has 87 valence electrons. The highest BCUT2D eigenvalue weighted by Crippen LogP contribution is 2.20. The molecule has 1 fully saturated rings. The van der Waals surface area contributed by atoms with E-state index in [0.717, 1.165) is 38.5 Å². The normalized spacial score (nSPS) is 18.2. The van der Waals surface area contributed by atoms with Crippen LogP contribution >= 0.6 is 0 Å². The van der Waals surface area contributed by atoms with Gasteiger partial charge in [-0.1, -0.05) is 26.2 Å². The average molecular weight is 213 g/mol. The van der Waals surface area contributed by atoms with Crippen LogP contribution in [-0.4, -0.2) is 12.3 Å². The Morgan fingerprint density at radius 3 is 2.53 bits per heavy atom. The lowest BCUT2D eigenvalue weighted by molar-refractivity contribution is 0.0314. The van der Waals surface area contributed by atoms with Crippen molar-refractivity contribution in [2.45, 2.75) is 64.4 Å². The lowest BCUT2D eigenvalue weighted by Gasteiger charge is -2.14. The summed E-state index contributed by atoms with van der Waals surface area (Å²) in [6.07, 6.45) is 8.15. The van der Waals surface area contributed by atoms with Gasteiger partial charge in [0, 0.05) is 0 Å². The summed E-state index contributed by atoms with van der Waals surface area (Å²) in [5.74, 6) is 0. The molecule has 0 aromatic heterocycles. The Morgan fingerprint density at radius 2 is 1.93 bits per heavy atom. The van der Waals surface area contributed by atoms with Crippen LogP contribution in [0.15, 0.2) is 0 Å². The van der Waals surface area contributed by atoms with Gasteiger partial charge in [0.15, 0.2) is 0 Å². The summed E-state index contributed by atoms with van der Waals surface area (Å²) in [4.78, 5) is 11.2. The first-order valence-corrected chi connectivity index (χ1v) is 6.02. The van der Waals surface area contributed by atoms with Gasteiger partial charge < -0.3 is 9.47 Å². The van der Waals surface area contributed by atoms with Crippen LogP contribution in [0.25, 0.3) is 0 Å². The molecule has 1 rings (SSSR count). The van der Waals surface area contributed by atoms with Crippen LogP contribution in [0.4, 0.5) is 4.79 Å². The summed E-state index contributed by atoms with van der Waals surface area (Å²) >= 11 is 0. The zero-order valence-electron chi connectivity index (χ0n) is 9.54. The van der Waals surface area contributed by atoms with E-state index in [4.69, 9.17) is 9.47 Å². The van der Waals surface area contributed by atoms with Crippen LogP contribution in [-0.2, 0) is 9.47 Å². The van der Waals surface area contributed by atoms with Crippen molar-refractivity contribution in [3.63, 3.8) is 0 Å². The van der Waals surface area contributed by atoms with Crippen LogP contribution in [0.2, 0.25) is 0 Å². The molecule has 3 nitrogen and oxygen atoms in total. The Bertz CT molecular complexity index is 172. The fourth-order valence-corrected chi connectivity index (χ4v) is 1.77. The molecule has 0 heterocycles. The van der Waals surface area contributed by atoms with Gasteiger partial charge in [-0.25, -0.2) is 4.79 Å². The highest BCUT2D eigenvalue weighted by Gasteiger charge is 2.17. The van der Waals surface area contributed by atoms with Gasteiger partial charge in [-0.2, -0.15) is 0 Å². The van der Waals surface area contributed by atoms with Crippen molar-refractivity contribution in [3.8, 4) is 0 Å². The average Bonchev–Trinajstić information content (AvgIpc) is 2.47. The molecule has 0 unspecified atom stereocenters. The van der Waals surface area contributed by atoms with Crippen molar-refractivity contribution >= 4 is 6.16 Å². The summed E-state index contributed by atoms with van der Waals surface area (Å²) in [6, 6.07) is 0. The Labute approximate surface area is 92.1 Å². The highest BCUT2D eigenvalue weighted by atomic mass is 16.7. The molecular formula is C12H21O3. The first kappa shape index (κ1) is 12.3. The van der Waals surface area contributed by atoms with Crippen LogP contribution in [0.5, 0.6) is 0 Å². The van der Waals surface area contributed by atoms with Gasteiger partial charge in [0.1, 0.15) is 12.7 Å². The molecule has 0 N–H and O–H groups in total. The lowest BCUT2D eigenvalue weighted by atomic mass is 10.2. The SMILES string of the molecule is CCC[CH]OC(=O)OC1CCCCCC1. The molecule has 0 spiro atoms. The van der Waals surface area contributed by atoms with E-state index in [0.29, 0.717) is 0 Å². The Balaban J connectivity index is 2.12. The minimum absolute atomic E-state index is 0.0787. The second-order valence-electron chi connectivity index (χ2n) is 4.05. The van der Waals surface area contributed by atoms with Crippen molar-refractivity contribution in [2.24, 2.45) is 0 Å². The third-order valence-corrected chi connectivity index (χ3v) is 2.65. The fourth-order valence-electron chi connectivity index (χ4n) is 1.77.